The molecule has 0 amide bonds. The van der Waals surface area contributed by atoms with E-state index < -0.39 is 36.3 Å². The van der Waals surface area contributed by atoms with Crippen LogP contribution in [0.15, 0.2) is 24.4 Å². The second kappa shape index (κ2) is 9.17. The monoisotopic (exact) mass is 456 g/mol. The van der Waals surface area contributed by atoms with Crippen LogP contribution in [0.2, 0.25) is 18.1 Å². The van der Waals surface area contributed by atoms with E-state index in [1.807, 2.05) is 52.8 Å². The molecule has 4 atom stereocenters. The lowest BCUT2D eigenvalue weighted by Gasteiger charge is -2.42. The molecule has 1 aromatic heterocycles. The van der Waals surface area contributed by atoms with Gasteiger partial charge in [0.2, 0.25) is 0 Å². The number of nitrogens with zero attached hydrogens (tertiary/aromatic N) is 1. The summed E-state index contributed by atoms with van der Waals surface area (Å²) in [5, 5.41) is 0.0140. The van der Waals surface area contributed by atoms with Crippen molar-refractivity contribution in [1.29, 1.82) is 0 Å². The molecule has 1 aliphatic heterocycles. The normalized spacial score (nSPS) is 23.2. The highest BCUT2D eigenvalue weighted by Gasteiger charge is 2.48. The van der Waals surface area contributed by atoms with Crippen molar-refractivity contribution in [1.82, 2.24) is 9.71 Å². The highest BCUT2D eigenvalue weighted by atomic mass is 32.2. The van der Waals surface area contributed by atoms with E-state index >= 15 is 0 Å². The third-order valence-electron chi connectivity index (χ3n) is 5.76. The second-order valence-electron chi connectivity index (χ2n) is 10.9. The van der Waals surface area contributed by atoms with Crippen molar-refractivity contribution in [3.8, 4) is 0 Å². The molecule has 30 heavy (non-hydrogen) atoms. The molecular weight excluding hydrogens is 416 g/mol. The number of rotatable bonds is 7. The van der Waals surface area contributed by atoms with Gasteiger partial charge < -0.3 is 18.5 Å². The van der Waals surface area contributed by atoms with Gasteiger partial charge in [0.05, 0.1) is 12.3 Å². The zero-order valence-corrected chi connectivity index (χ0v) is 22.1. The minimum Gasteiger partial charge on any atom is -0.598 e. The molecule has 0 aromatic carbocycles. The molecule has 8 heteroatoms. The maximum atomic E-state index is 13.1. The summed E-state index contributed by atoms with van der Waals surface area (Å²) in [6.07, 6.45) is 1.04. The predicted octanol–water partition coefficient (Wildman–Crippen LogP) is 4.72. The maximum Gasteiger partial charge on any atom is 0.193 e. The van der Waals surface area contributed by atoms with Crippen LogP contribution in [0.4, 0.5) is 0 Å². The topological polar surface area (TPSA) is 75.7 Å². The molecule has 1 saturated heterocycles. The van der Waals surface area contributed by atoms with Gasteiger partial charge in [-0.3, -0.25) is 4.98 Å². The number of aromatic nitrogens is 1. The lowest BCUT2D eigenvalue weighted by molar-refractivity contribution is -0.144. The average molecular weight is 457 g/mol. The summed E-state index contributed by atoms with van der Waals surface area (Å²) in [5.41, 5.74) is 0.805. The summed E-state index contributed by atoms with van der Waals surface area (Å²) in [4.78, 5) is 4.61. The van der Waals surface area contributed by atoms with Crippen molar-refractivity contribution in [3.05, 3.63) is 30.1 Å². The highest BCUT2D eigenvalue weighted by molar-refractivity contribution is 7.90. The van der Waals surface area contributed by atoms with Crippen molar-refractivity contribution in [2.24, 2.45) is 0 Å². The first kappa shape index (κ1) is 25.8. The van der Waals surface area contributed by atoms with Crippen molar-refractivity contribution in [2.45, 2.75) is 102 Å². The molecule has 6 nitrogen and oxygen atoms in total. The molecule has 0 aliphatic carbocycles. The Hall–Kier alpha value is -0.483. The molecule has 2 rings (SSSR count). The Labute approximate surface area is 186 Å². The second-order valence-corrected chi connectivity index (χ2v) is 17.7. The van der Waals surface area contributed by atoms with Gasteiger partial charge in [0.25, 0.3) is 0 Å². The van der Waals surface area contributed by atoms with Crippen LogP contribution >= 0.6 is 0 Å². The van der Waals surface area contributed by atoms with Crippen molar-refractivity contribution in [3.63, 3.8) is 0 Å². The van der Waals surface area contributed by atoms with Crippen LogP contribution < -0.4 is 4.72 Å². The van der Waals surface area contributed by atoms with Gasteiger partial charge in [-0.05, 0) is 64.9 Å². The molecule has 1 fully saturated rings. The minimum absolute atomic E-state index is 0.0140. The third-order valence-corrected chi connectivity index (χ3v) is 11.8. The summed E-state index contributed by atoms with van der Waals surface area (Å²) in [6.45, 7) is 21.1. The quantitative estimate of drug-likeness (QED) is 0.473. The van der Waals surface area contributed by atoms with E-state index in [1.165, 1.54) is 0 Å². The van der Waals surface area contributed by atoms with Crippen molar-refractivity contribution >= 4 is 19.7 Å². The Balaban J connectivity index is 2.48. The van der Waals surface area contributed by atoms with Crippen LogP contribution in [0, 0.1) is 0 Å². The van der Waals surface area contributed by atoms with Gasteiger partial charge in [0.15, 0.2) is 14.1 Å². The first-order chi connectivity index (χ1) is 13.5. The molecule has 2 heterocycles. The van der Waals surface area contributed by atoms with E-state index in [1.54, 1.807) is 6.20 Å². The van der Waals surface area contributed by atoms with Crippen molar-refractivity contribution in [2.75, 3.05) is 6.61 Å². The SMILES string of the molecule is CC1(C)OC[C@H](C(N[S+]([O-])C(C)(C)C)C(O[Si](C)(C)C(C)(C)C)c2ccccn2)O1. The van der Waals surface area contributed by atoms with Crippen LogP contribution in [0.3, 0.4) is 0 Å². The van der Waals surface area contributed by atoms with Crippen LogP contribution in [0.25, 0.3) is 0 Å². The fourth-order valence-electron chi connectivity index (χ4n) is 2.88. The molecule has 0 radical (unpaired) electrons. The van der Waals surface area contributed by atoms with E-state index in [9.17, 15) is 4.55 Å². The van der Waals surface area contributed by atoms with E-state index in [0.717, 1.165) is 5.69 Å². The third kappa shape index (κ3) is 6.51. The van der Waals surface area contributed by atoms with Crippen molar-refractivity contribution < 1.29 is 18.5 Å². The maximum absolute atomic E-state index is 13.1. The zero-order chi connectivity index (χ0) is 23.0. The van der Waals surface area contributed by atoms with Gasteiger partial charge >= 0.3 is 0 Å². The largest absolute Gasteiger partial charge is 0.598 e. The van der Waals surface area contributed by atoms with Gasteiger partial charge in [-0.1, -0.05) is 26.8 Å². The van der Waals surface area contributed by atoms with E-state index in [0.29, 0.717) is 6.61 Å². The summed E-state index contributed by atoms with van der Waals surface area (Å²) < 4.78 is 35.0. The molecule has 1 aliphatic rings. The summed E-state index contributed by atoms with van der Waals surface area (Å²) in [5.74, 6) is -0.695. The summed E-state index contributed by atoms with van der Waals surface area (Å²) in [7, 11) is -2.17. The molecule has 1 N–H and O–H groups in total. The number of nitrogens with one attached hydrogen (secondary N) is 1. The Bertz CT molecular complexity index is 689. The molecule has 0 saturated carbocycles. The van der Waals surface area contributed by atoms with E-state index in [-0.39, 0.29) is 17.2 Å². The predicted molar refractivity (Wildman–Crippen MR) is 125 cm³/mol. The van der Waals surface area contributed by atoms with E-state index in [4.69, 9.17) is 13.9 Å². The molecule has 0 spiro atoms. The average Bonchev–Trinajstić information content (AvgIpc) is 2.96. The highest BCUT2D eigenvalue weighted by Crippen LogP contribution is 2.42. The standard InChI is InChI=1S/C22H40N2O4SSi/c1-20(2,3)29(25)24-18(17-15-26-22(7,8)27-17)19(16-13-11-12-14-23-16)28-30(9,10)21(4,5)6/h11-14,17-19,24H,15H2,1-10H3/t17-,18?,19?,29?/m1/s1. The Morgan fingerprint density at radius 3 is 2.30 bits per heavy atom. The van der Waals surface area contributed by atoms with Crippen LogP contribution in [0.1, 0.15) is 67.2 Å². The van der Waals surface area contributed by atoms with Gasteiger partial charge in [-0.25, -0.2) is 0 Å². The Kier molecular flexibility index (Phi) is 7.88. The van der Waals surface area contributed by atoms with E-state index in [2.05, 4.69) is 43.6 Å². The first-order valence-corrected chi connectivity index (χ1v) is 14.7. The number of hydrogen-bond donors (Lipinski definition) is 1. The lowest BCUT2D eigenvalue weighted by Crippen LogP contribution is -2.55. The Morgan fingerprint density at radius 2 is 1.87 bits per heavy atom. The first-order valence-electron chi connectivity index (χ1n) is 10.6. The van der Waals surface area contributed by atoms with Crippen LogP contribution in [0.5, 0.6) is 0 Å². The molecular formula is C22H40N2O4SSi. The zero-order valence-electron chi connectivity index (χ0n) is 20.2. The summed E-state index contributed by atoms with van der Waals surface area (Å²) in [6, 6.07) is 5.43. The fourth-order valence-corrected chi connectivity index (χ4v) is 5.01. The van der Waals surface area contributed by atoms with Gasteiger partial charge in [-0.15, -0.1) is 4.72 Å². The van der Waals surface area contributed by atoms with Gasteiger partial charge in [0, 0.05) is 17.6 Å². The summed E-state index contributed by atoms with van der Waals surface area (Å²) >= 11 is -1.31. The molecule has 3 unspecified atom stereocenters. The number of hydrogen-bond acceptors (Lipinski definition) is 6. The molecule has 0 bridgehead atoms. The number of pyridine rings is 1. The molecule has 1 aromatic rings. The number of ether oxygens (including phenoxy) is 2. The fraction of sp³-hybridized carbons (Fsp3) is 0.773. The van der Waals surface area contributed by atoms with Crippen LogP contribution in [-0.4, -0.2) is 47.1 Å². The lowest BCUT2D eigenvalue weighted by atomic mass is 10.0. The van der Waals surface area contributed by atoms with Gasteiger partial charge in [-0.2, -0.15) is 0 Å². The molecule has 172 valence electrons. The van der Waals surface area contributed by atoms with Crippen LogP contribution in [-0.2, 0) is 25.3 Å². The Morgan fingerprint density at radius 1 is 1.23 bits per heavy atom. The smallest absolute Gasteiger partial charge is 0.193 e. The van der Waals surface area contributed by atoms with Gasteiger partial charge in [0.1, 0.15) is 23.0 Å². The minimum atomic E-state index is -2.17.